The predicted octanol–water partition coefficient (Wildman–Crippen LogP) is 3.16. The van der Waals surface area contributed by atoms with E-state index in [1.807, 2.05) is 35.8 Å². The molecule has 2 heterocycles. The van der Waals surface area contributed by atoms with Gasteiger partial charge in [0, 0.05) is 6.04 Å². The minimum Gasteiger partial charge on any atom is -0.497 e. The van der Waals surface area contributed by atoms with Crippen LogP contribution in [0, 0.1) is 0 Å². The highest BCUT2D eigenvalue weighted by molar-refractivity contribution is 5.71. The molecule has 7 nitrogen and oxygen atoms in total. The van der Waals surface area contributed by atoms with Gasteiger partial charge in [0.05, 0.1) is 26.5 Å². The first kappa shape index (κ1) is 17.6. The number of hydrogen-bond acceptors (Lipinski definition) is 5. The van der Waals surface area contributed by atoms with Crippen LogP contribution in [-0.2, 0) is 6.54 Å². The van der Waals surface area contributed by atoms with Crippen molar-refractivity contribution in [3.63, 3.8) is 0 Å². The van der Waals surface area contributed by atoms with Crippen LogP contribution in [0.15, 0.2) is 35.3 Å². The van der Waals surface area contributed by atoms with Crippen LogP contribution in [0.25, 0.3) is 11.2 Å². The minimum absolute atomic E-state index is 0.0318. The molecule has 1 aromatic carbocycles. The van der Waals surface area contributed by atoms with Gasteiger partial charge in [0.1, 0.15) is 11.3 Å². The lowest BCUT2D eigenvalue weighted by molar-refractivity contribution is 0.313. The Morgan fingerprint density at radius 3 is 2.59 bits per heavy atom. The molecule has 27 heavy (non-hydrogen) atoms. The van der Waals surface area contributed by atoms with Crippen molar-refractivity contribution in [2.24, 2.45) is 0 Å². The summed E-state index contributed by atoms with van der Waals surface area (Å²) in [5.74, 6) is 0.792. The van der Waals surface area contributed by atoms with Crippen molar-refractivity contribution in [2.45, 2.75) is 45.2 Å². The minimum atomic E-state index is -0.0318. The van der Waals surface area contributed by atoms with Gasteiger partial charge in [-0.15, -0.1) is 0 Å². The van der Waals surface area contributed by atoms with Crippen LogP contribution in [0.2, 0.25) is 0 Å². The number of fused-ring (bicyclic) bond motifs is 1. The van der Waals surface area contributed by atoms with Gasteiger partial charge in [-0.05, 0) is 37.5 Å². The van der Waals surface area contributed by atoms with Crippen LogP contribution in [-0.4, -0.2) is 32.8 Å². The van der Waals surface area contributed by atoms with Crippen LogP contribution in [0.3, 0.4) is 0 Å². The van der Waals surface area contributed by atoms with Crippen molar-refractivity contribution in [3.05, 3.63) is 46.5 Å². The van der Waals surface area contributed by atoms with Gasteiger partial charge in [-0.25, -0.2) is 9.78 Å². The maximum absolute atomic E-state index is 13.3. The highest BCUT2D eigenvalue weighted by atomic mass is 16.5. The van der Waals surface area contributed by atoms with E-state index in [4.69, 9.17) is 9.47 Å². The van der Waals surface area contributed by atoms with Crippen LogP contribution in [0.4, 0.5) is 0 Å². The molecule has 0 amide bonds. The molecule has 1 aliphatic rings. The second kappa shape index (κ2) is 7.42. The fourth-order valence-electron chi connectivity index (χ4n) is 3.81. The third-order valence-corrected chi connectivity index (χ3v) is 5.14. The zero-order valence-electron chi connectivity index (χ0n) is 15.7. The standard InChI is InChI=1S/C20H24N4O3/c1-3-27-19-21-12-17-18(22-19)23(13-14-8-10-16(26-2)11-9-14)20(25)24(17)15-6-4-5-7-15/h8-12,15H,3-7,13H2,1-2H3. The summed E-state index contributed by atoms with van der Waals surface area (Å²) in [7, 11) is 1.64. The molecule has 0 bridgehead atoms. The first-order valence-corrected chi connectivity index (χ1v) is 9.44. The molecule has 0 unspecified atom stereocenters. The topological polar surface area (TPSA) is 71.2 Å². The van der Waals surface area contributed by atoms with Gasteiger partial charge >= 0.3 is 11.7 Å². The number of methoxy groups -OCH3 is 1. The largest absolute Gasteiger partial charge is 0.497 e. The highest BCUT2D eigenvalue weighted by Crippen LogP contribution is 2.31. The molecule has 0 aliphatic heterocycles. The van der Waals surface area contributed by atoms with Gasteiger partial charge in [0.2, 0.25) is 0 Å². The fraction of sp³-hybridized carbons (Fsp3) is 0.450. The molecule has 4 rings (SSSR count). The fourth-order valence-corrected chi connectivity index (χ4v) is 3.81. The first-order chi connectivity index (χ1) is 13.2. The van der Waals surface area contributed by atoms with E-state index in [9.17, 15) is 4.79 Å². The van der Waals surface area contributed by atoms with E-state index in [2.05, 4.69) is 9.97 Å². The van der Waals surface area contributed by atoms with Crippen LogP contribution in [0.5, 0.6) is 11.8 Å². The number of nitrogens with zero attached hydrogens (tertiary/aromatic N) is 4. The zero-order chi connectivity index (χ0) is 18.8. The predicted molar refractivity (Wildman–Crippen MR) is 103 cm³/mol. The maximum Gasteiger partial charge on any atom is 0.330 e. The molecule has 142 valence electrons. The number of ether oxygens (including phenoxy) is 2. The van der Waals surface area contributed by atoms with Gasteiger partial charge in [-0.1, -0.05) is 25.0 Å². The summed E-state index contributed by atoms with van der Waals surface area (Å²) in [6.07, 6.45) is 6.07. The zero-order valence-corrected chi connectivity index (χ0v) is 15.7. The average Bonchev–Trinajstić information content (AvgIpc) is 3.30. The molecule has 7 heteroatoms. The lowest BCUT2D eigenvalue weighted by atomic mass is 10.2. The van der Waals surface area contributed by atoms with Crippen molar-refractivity contribution in [2.75, 3.05) is 13.7 Å². The molecule has 1 aliphatic carbocycles. The van der Waals surface area contributed by atoms with Crippen molar-refractivity contribution in [3.8, 4) is 11.8 Å². The Hall–Kier alpha value is -2.83. The van der Waals surface area contributed by atoms with Crippen LogP contribution in [0.1, 0.15) is 44.2 Å². The number of rotatable bonds is 6. The third-order valence-electron chi connectivity index (χ3n) is 5.14. The molecule has 0 radical (unpaired) electrons. The van der Waals surface area contributed by atoms with Crippen molar-refractivity contribution >= 4 is 11.2 Å². The van der Waals surface area contributed by atoms with Crippen LogP contribution < -0.4 is 15.2 Å². The molecule has 2 aromatic heterocycles. The third kappa shape index (κ3) is 3.29. The summed E-state index contributed by atoms with van der Waals surface area (Å²) in [4.78, 5) is 22.1. The van der Waals surface area contributed by atoms with Crippen LogP contribution >= 0.6 is 0 Å². The Balaban J connectivity index is 1.82. The smallest absolute Gasteiger partial charge is 0.330 e. The van der Waals surface area contributed by atoms with E-state index < -0.39 is 0 Å². The summed E-state index contributed by atoms with van der Waals surface area (Å²) in [6.45, 7) is 2.82. The van der Waals surface area contributed by atoms with Crippen molar-refractivity contribution in [1.29, 1.82) is 0 Å². The molecule has 0 saturated heterocycles. The molecule has 1 fully saturated rings. The van der Waals surface area contributed by atoms with Gasteiger partial charge in [-0.3, -0.25) is 9.13 Å². The van der Waals surface area contributed by atoms with Gasteiger partial charge in [0.25, 0.3) is 0 Å². The summed E-state index contributed by atoms with van der Waals surface area (Å²) in [6, 6.07) is 8.26. The summed E-state index contributed by atoms with van der Waals surface area (Å²) >= 11 is 0. The van der Waals surface area contributed by atoms with E-state index in [0.717, 1.165) is 42.5 Å². The van der Waals surface area contributed by atoms with Gasteiger partial charge in [0.15, 0.2) is 5.65 Å². The quantitative estimate of drug-likeness (QED) is 0.668. The van der Waals surface area contributed by atoms with Crippen molar-refractivity contribution < 1.29 is 9.47 Å². The molecule has 3 aromatic rings. The van der Waals surface area contributed by atoms with E-state index in [1.165, 1.54) is 0 Å². The summed E-state index contributed by atoms with van der Waals surface area (Å²) < 4.78 is 14.3. The Kier molecular flexibility index (Phi) is 4.83. The molecule has 1 saturated carbocycles. The van der Waals surface area contributed by atoms with Gasteiger partial charge < -0.3 is 9.47 Å². The number of benzene rings is 1. The second-order valence-corrected chi connectivity index (χ2v) is 6.82. The number of imidazole rings is 1. The lowest BCUT2D eigenvalue weighted by Crippen LogP contribution is -2.27. The Bertz CT molecular complexity index is 985. The van der Waals surface area contributed by atoms with Gasteiger partial charge in [-0.2, -0.15) is 4.98 Å². The average molecular weight is 368 g/mol. The molecular formula is C20H24N4O3. The second-order valence-electron chi connectivity index (χ2n) is 6.82. The van der Waals surface area contributed by atoms with E-state index >= 15 is 0 Å². The number of aromatic nitrogens is 4. The Labute approximate surface area is 157 Å². The molecule has 0 spiro atoms. The number of hydrogen-bond donors (Lipinski definition) is 0. The van der Waals surface area contributed by atoms with E-state index in [1.54, 1.807) is 17.9 Å². The first-order valence-electron chi connectivity index (χ1n) is 9.44. The Morgan fingerprint density at radius 2 is 1.93 bits per heavy atom. The molecular weight excluding hydrogens is 344 g/mol. The lowest BCUT2D eigenvalue weighted by Gasteiger charge is -2.10. The maximum atomic E-state index is 13.3. The highest BCUT2D eigenvalue weighted by Gasteiger charge is 2.25. The van der Waals surface area contributed by atoms with Crippen molar-refractivity contribution in [1.82, 2.24) is 19.1 Å². The Morgan fingerprint density at radius 1 is 1.19 bits per heavy atom. The van der Waals surface area contributed by atoms with E-state index in [0.29, 0.717) is 24.8 Å². The summed E-state index contributed by atoms with van der Waals surface area (Å²) in [5.41, 5.74) is 2.39. The molecule has 0 atom stereocenters. The monoisotopic (exact) mass is 368 g/mol. The van der Waals surface area contributed by atoms with E-state index in [-0.39, 0.29) is 11.7 Å². The SMILES string of the molecule is CCOc1ncc2c(n1)n(Cc1ccc(OC)cc1)c(=O)n2C1CCCC1. The summed E-state index contributed by atoms with van der Waals surface area (Å²) in [5, 5.41) is 0. The normalized spacial score (nSPS) is 14.7. The molecule has 0 N–H and O–H groups in total.